The second-order valence-corrected chi connectivity index (χ2v) is 3.23. The van der Waals surface area contributed by atoms with E-state index in [9.17, 15) is 5.11 Å². The molecule has 1 aliphatic heterocycles. The van der Waals surface area contributed by atoms with Crippen molar-refractivity contribution in [1.82, 2.24) is 0 Å². The fourth-order valence-corrected chi connectivity index (χ4v) is 1.40. The first-order chi connectivity index (χ1) is 6.79. The van der Waals surface area contributed by atoms with Crippen LogP contribution in [0.5, 0.6) is 11.5 Å². The zero-order valence-corrected chi connectivity index (χ0v) is 7.64. The zero-order chi connectivity index (χ0) is 9.97. The Kier molecular flexibility index (Phi) is 2.56. The van der Waals surface area contributed by atoms with Gasteiger partial charge in [0, 0.05) is 6.42 Å². The molecule has 2 N–H and O–H groups in total. The molecule has 0 aliphatic carbocycles. The number of benzene rings is 1. The Hall–Kier alpha value is -1.26. The zero-order valence-electron chi connectivity index (χ0n) is 7.64. The van der Waals surface area contributed by atoms with E-state index in [1.807, 2.05) is 18.2 Å². The average molecular weight is 196 g/mol. The largest absolute Gasteiger partial charge is 0.454 e. The van der Waals surface area contributed by atoms with Crippen LogP contribution in [-0.4, -0.2) is 29.7 Å². The molecule has 2 rings (SSSR count). The van der Waals surface area contributed by atoms with E-state index in [0.29, 0.717) is 12.2 Å². The van der Waals surface area contributed by atoms with Crippen LogP contribution in [0.15, 0.2) is 18.2 Å². The maximum Gasteiger partial charge on any atom is 0.231 e. The Morgan fingerprint density at radius 3 is 2.86 bits per heavy atom. The van der Waals surface area contributed by atoms with Gasteiger partial charge in [-0.05, 0) is 17.7 Å². The monoisotopic (exact) mass is 196 g/mol. The summed E-state index contributed by atoms with van der Waals surface area (Å²) < 4.78 is 10.3. The smallest absolute Gasteiger partial charge is 0.231 e. The topological polar surface area (TPSA) is 58.9 Å². The highest BCUT2D eigenvalue weighted by Crippen LogP contribution is 2.32. The van der Waals surface area contributed by atoms with Gasteiger partial charge in [0.15, 0.2) is 11.5 Å². The van der Waals surface area contributed by atoms with Gasteiger partial charge in [-0.1, -0.05) is 6.07 Å². The molecule has 0 bridgehead atoms. The van der Waals surface area contributed by atoms with Crippen molar-refractivity contribution in [2.24, 2.45) is 0 Å². The Balaban J connectivity index is 2.12. The van der Waals surface area contributed by atoms with Gasteiger partial charge in [0.05, 0.1) is 12.7 Å². The van der Waals surface area contributed by atoms with Crippen LogP contribution in [0.3, 0.4) is 0 Å². The van der Waals surface area contributed by atoms with Gasteiger partial charge in [-0.3, -0.25) is 0 Å². The predicted octanol–water partition coefficient (Wildman–Crippen LogP) is 0.311. The van der Waals surface area contributed by atoms with Crippen molar-refractivity contribution in [3.8, 4) is 11.5 Å². The fraction of sp³-hybridized carbons (Fsp3) is 0.400. The lowest BCUT2D eigenvalue weighted by Crippen LogP contribution is -2.14. The van der Waals surface area contributed by atoms with Crippen molar-refractivity contribution in [2.75, 3.05) is 13.4 Å². The van der Waals surface area contributed by atoms with E-state index in [-0.39, 0.29) is 13.4 Å². The first kappa shape index (κ1) is 9.30. The van der Waals surface area contributed by atoms with Crippen LogP contribution in [0.4, 0.5) is 0 Å². The number of hydrogen-bond acceptors (Lipinski definition) is 4. The van der Waals surface area contributed by atoms with Crippen molar-refractivity contribution >= 4 is 0 Å². The van der Waals surface area contributed by atoms with Gasteiger partial charge >= 0.3 is 0 Å². The minimum absolute atomic E-state index is 0.228. The number of aliphatic hydroxyl groups excluding tert-OH is 2. The van der Waals surface area contributed by atoms with Crippen LogP contribution in [0.25, 0.3) is 0 Å². The van der Waals surface area contributed by atoms with E-state index in [2.05, 4.69) is 0 Å². The second kappa shape index (κ2) is 3.86. The molecule has 0 amide bonds. The summed E-state index contributed by atoms with van der Waals surface area (Å²) in [6.45, 7) is 0.0236. The lowest BCUT2D eigenvalue weighted by Gasteiger charge is -2.07. The Bertz CT molecular complexity index is 324. The minimum atomic E-state index is -0.713. The molecule has 0 radical (unpaired) electrons. The molecular weight excluding hydrogens is 184 g/mol. The van der Waals surface area contributed by atoms with E-state index >= 15 is 0 Å². The first-order valence-electron chi connectivity index (χ1n) is 4.47. The van der Waals surface area contributed by atoms with Crippen molar-refractivity contribution in [3.63, 3.8) is 0 Å². The second-order valence-electron chi connectivity index (χ2n) is 3.23. The molecule has 1 atom stereocenters. The molecule has 0 saturated carbocycles. The summed E-state index contributed by atoms with van der Waals surface area (Å²) in [5.41, 5.74) is 0.927. The average Bonchev–Trinajstić information content (AvgIpc) is 2.64. The minimum Gasteiger partial charge on any atom is -0.454 e. The summed E-state index contributed by atoms with van der Waals surface area (Å²) >= 11 is 0. The molecule has 0 saturated heterocycles. The highest BCUT2D eigenvalue weighted by molar-refractivity contribution is 5.44. The third-order valence-electron chi connectivity index (χ3n) is 2.12. The molecule has 1 aromatic rings. The molecule has 0 aromatic heterocycles. The van der Waals surface area contributed by atoms with Crippen LogP contribution in [0.1, 0.15) is 5.56 Å². The quantitative estimate of drug-likeness (QED) is 0.730. The molecule has 4 heteroatoms. The summed E-state index contributed by atoms with van der Waals surface area (Å²) in [5, 5.41) is 17.9. The van der Waals surface area contributed by atoms with E-state index in [0.717, 1.165) is 11.3 Å². The Labute approximate surface area is 81.7 Å². The standard InChI is InChI=1S/C10H12O4/c11-5-8(12)3-7-1-2-9-10(4-7)14-6-13-9/h1-2,4,8,11-12H,3,5-6H2/t8-/m0/s1. The number of rotatable bonds is 3. The van der Waals surface area contributed by atoms with E-state index < -0.39 is 6.10 Å². The van der Waals surface area contributed by atoms with Crippen LogP contribution in [0, 0.1) is 0 Å². The highest BCUT2D eigenvalue weighted by atomic mass is 16.7. The van der Waals surface area contributed by atoms with E-state index in [1.165, 1.54) is 0 Å². The van der Waals surface area contributed by atoms with Gasteiger partial charge in [0.25, 0.3) is 0 Å². The lowest BCUT2D eigenvalue weighted by molar-refractivity contribution is 0.0955. The maximum absolute atomic E-state index is 9.24. The highest BCUT2D eigenvalue weighted by Gasteiger charge is 2.14. The summed E-state index contributed by atoms with van der Waals surface area (Å²) in [4.78, 5) is 0. The van der Waals surface area contributed by atoms with Crippen LogP contribution < -0.4 is 9.47 Å². The van der Waals surface area contributed by atoms with Crippen molar-refractivity contribution in [2.45, 2.75) is 12.5 Å². The molecule has 4 nitrogen and oxygen atoms in total. The van der Waals surface area contributed by atoms with Gasteiger partial charge in [-0.15, -0.1) is 0 Å². The third-order valence-corrected chi connectivity index (χ3v) is 2.12. The predicted molar refractivity (Wildman–Crippen MR) is 49.4 cm³/mol. The summed E-state index contributed by atoms with van der Waals surface area (Å²) in [5.74, 6) is 1.43. The molecule has 0 fully saturated rings. The molecule has 1 aromatic carbocycles. The van der Waals surface area contributed by atoms with Crippen LogP contribution in [0.2, 0.25) is 0 Å². The first-order valence-corrected chi connectivity index (χ1v) is 4.47. The maximum atomic E-state index is 9.24. The fourth-order valence-electron chi connectivity index (χ4n) is 1.40. The van der Waals surface area contributed by atoms with Crippen molar-refractivity contribution in [3.05, 3.63) is 23.8 Å². The van der Waals surface area contributed by atoms with Crippen LogP contribution in [-0.2, 0) is 6.42 Å². The summed E-state index contributed by atoms with van der Waals surface area (Å²) in [6, 6.07) is 5.48. The van der Waals surface area contributed by atoms with E-state index in [4.69, 9.17) is 14.6 Å². The number of hydrogen-bond donors (Lipinski definition) is 2. The SMILES string of the molecule is OC[C@@H](O)Cc1ccc2c(c1)OCO2. The van der Waals surface area contributed by atoms with Gasteiger partial charge in [-0.25, -0.2) is 0 Å². The van der Waals surface area contributed by atoms with Gasteiger partial charge in [0.1, 0.15) is 0 Å². The van der Waals surface area contributed by atoms with Gasteiger partial charge in [-0.2, -0.15) is 0 Å². The van der Waals surface area contributed by atoms with Gasteiger partial charge < -0.3 is 19.7 Å². The lowest BCUT2D eigenvalue weighted by atomic mass is 10.1. The van der Waals surface area contributed by atoms with Gasteiger partial charge in [0.2, 0.25) is 6.79 Å². The third kappa shape index (κ3) is 1.81. The normalized spacial score (nSPS) is 15.6. The molecule has 0 spiro atoms. The number of aliphatic hydroxyl groups is 2. The van der Waals surface area contributed by atoms with E-state index in [1.54, 1.807) is 0 Å². The Morgan fingerprint density at radius 1 is 1.29 bits per heavy atom. The molecule has 1 aliphatic rings. The summed E-state index contributed by atoms with van der Waals surface area (Å²) in [7, 11) is 0. The number of ether oxygens (including phenoxy) is 2. The molecule has 14 heavy (non-hydrogen) atoms. The van der Waals surface area contributed by atoms with Crippen molar-refractivity contribution < 1.29 is 19.7 Å². The van der Waals surface area contributed by atoms with Crippen molar-refractivity contribution in [1.29, 1.82) is 0 Å². The molecule has 0 unspecified atom stereocenters. The summed E-state index contributed by atoms with van der Waals surface area (Å²) in [6.07, 6.45) is -0.289. The number of fused-ring (bicyclic) bond motifs is 1. The van der Waals surface area contributed by atoms with Crippen LogP contribution >= 0.6 is 0 Å². The molecule has 1 heterocycles. The Morgan fingerprint density at radius 2 is 2.07 bits per heavy atom. The molecular formula is C10H12O4. The molecule has 76 valence electrons.